The van der Waals surface area contributed by atoms with Crippen molar-refractivity contribution in [3.05, 3.63) is 59.7 Å². The minimum Gasteiger partial charge on any atom is -0.543 e. The molecule has 0 fully saturated rings. The van der Waals surface area contributed by atoms with Crippen molar-refractivity contribution in [1.29, 1.82) is 0 Å². The van der Waals surface area contributed by atoms with Crippen molar-refractivity contribution >= 4 is 25.8 Å². The summed E-state index contributed by atoms with van der Waals surface area (Å²) in [5, 5.41) is 0.0680. The number of benzene rings is 2. The van der Waals surface area contributed by atoms with Gasteiger partial charge in [-0.2, -0.15) is 0 Å². The van der Waals surface area contributed by atoms with Gasteiger partial charge in [-0.1, -0.05) is 39.0 Å². The average Bonchev–Trinajstić information content (AvgIpc) is 2.78. The zero-order chi connectivity index (χ0) is 18.4. The summed E-state index contributed by atoms with van der Waals surface area (Å²) in [6.45, 7) is 10.9. The summed E-state index contributed by atoms with van der Waals surface area (Å²) in [7, 11) is -1.99. The number of hydrogen-bond acceptors (Lipinski definition) is 3. The van der Waals surface area contributed by atoms with E-state index in [1.165, 1.54) is 4.90 Å². The molecule has 0 unspecified atom stereocenters. The Kier molecular flexibility index (Phi) is 4.07. The first-order valence-electron chi connectivity index (χ1n) is 8.39. The van der Waals surface area contributed by atoms with E-state index < -0.39 is 8.32 Å². The number of carbonyl (C=O) groups excluding carboxylic acids is 2. The lowest BCUT2D eigenvalue weighted by Crippen LogP contribution is -2.43. The number of anilines is 1. The van der Waals surface area contributed by atoms with Crippen LogP contribution in [-0.4, -0.2) is 20.1 Å². The molecule has 4 nitrogen and oxygen atoms in total. The summed E-state index contributed by atoms with van der Waals surface area (Å²) in [5.41, 5.74) is 1.44. The van der Waals surface area contributed by atoms with Crippen LogP contribution in [-0.2, 0) is 0 Å². The van der Waals surface area contributed by atoms with Crippen molar-refractivity contribution in [3.63, 3.8) is 0 Å². The highest BCUT2D eigenvalue weighted by Gasteiger charge is 2.40. The van der Waals surface area contributed by atoms with Gasteiger partial charge in [-0.05, 0) is 42.4 Å². The van der Waals surface area contributed by atoms with E-state index in [1.807, 2.05) is 12.1 Å². The van der Waals surface area contributed by atoms with Crippen LogP contribution in [0.3, 0.4) is 0 Å². The topological polar surface area (TPSA) is 46.6 Å². The molecule has 25 heavy (non-hydrogen) atoms. The Labute approximate surface area is 149 Å². The molecule has 0 saturated carbocycles. The fraction of sp³-hybridized carbons (Fsp3) is 0.300. The van der Waals surface area contributed by atoms with Gasteiger partial charge in [-0.15, -0.1) is 0 Å². The average molecular weight is 353 g/mol. The minimum absolute atomic E-state index is 0.0680. The Balaban J connectivity index is 1.94. The van der Waals surface area contributed by atoms with Crippen molar-refractivity contribution in [2.45, 2.75) is 38.9 Å². The number of rotatable bonds is 3. The van der Waals surface area contributed by atoms with Crippen LogP contribution in [0.1, 0.15) is 41.5 Å². The van der Waals surface area contributed by atoms with E-state index in [4.69, 9.17) is 4.43 Å². The molecule has 0 radical (unpaired) electrons. The molecule has 0 aliphatic carbocycles. The fourth-order valence-electron chi connectivity index (χ4n) is 2.56. The van der Waals surface area contributed by atoms with Crippen LogP contribution in [0.15, 0.2) is 48.5 Å². The first-order valence-corrected chi connectivity index (χ1v) is 11.3. The number of imide groups is 1. The van der Waals surface area contributed by atoms with E-state index in [2.05, 4.69) is 33.9 Å². The Morgan fingerprint density at radius 2 is 1.44 bits per heavy atom. The highest BCUT2D eigenvalue weighted by molar-refractivity contribution is 6.74. The Morgan fingerprint density at radius 1 is 0.880 bits per heavy atom. The Morgan fingerprint density at radius 3 is 1.96 bits per heavy atom. The molecule has 0 aromatic heterocycles. The van der Waals surface area contributed by atoms with Crippen LogP contribution >= 0.6 is 0 Å². The zero-order valence-electron chi connectivity index (χ0n) is 15.3. The van der Waals surface area contributed by atoms with E-state index in [0.29, 0.717) is 22.6 Å². The smallest absolute Gasteiger partial charge is 0.266 e. The second-order valence-corrected chi connectivity index (χ2v) is 12.6. The Hall–Kier alpha value is -2.40. The minimum atomic E-state index is -1.99. The van der Waals surface area contributed by atoms with Crippen LogP contribution in [0.2, 0.25) is 18.1 Å². The van der Waals surface area contributed by atoms with Gasteiger partial charge in [0.05, 0.1) is 16.8 Å². The van der Waals surface area contributed by atoms with Crippen molar-refractivity contribution in [2.24, 2.45) is 0 Å². The lowest BCUT2D eigenvalue weighted by Gasteiger charge is -2.36. The monoisotopic (exact) mass is 353 g/mol. The van der Waals surface area contributed by atoms with Gasteiger partial charge >= 0.3 is 0 Å². The van der Waals surface area contributed by atoms with Crippen LogP contribution < -0.4 is 9.33 Å². The van der Waals surface area contributed by atoms with Gasteiger partial charge in [0.15, 0.2) is 0 Å². The van der Waals surface area contributed by atoms with E-state index in [1.54, 1.807) is 36.4 Å². The molecule has 130 valence electrons. The highest BCUT2D eigenvalue weighted by atomic mass is 28.4. The summed E-state index contributed by atoms with van der Waals surface area (Å²) in [6, 6.07) is 14.2. The van der Waals surface area contributed by atoms with Gasteiger partial charge in [-0.25, -0.2) is 4.90 Å². The van der Waals surface area contributed by atoms with E-state index in [-0.39, 0.29) is 16.9 Å². The maximum absolute atomic E-state index is 12.6. The molecule has 2 aromatic carbocycles. The van der Waals surface area contributed by atoms with Crippen molar-refractivity contribution in [2.75, 3.05) is 4.90 Å². The third-order valence-electron chi connectivity index (χ3n) is 5.05. The first kappa shape index (κ1) is 17.4. The highest BCUT2D eigenvalue weighted by Crippen LogP contribution is 2.38. The third kappa shape index (κ3) is 3.00. The number of carbonyl (C=O) groups is 2. The maximum Gasteiger partial charge on any atom is 0.266 e. The zero-order valence-corrected chi connectivity index (χ0v) is 16.3. The SMILES string of the molecule is CC(C)(C)[Si](C)(C)Oc1cccc(N2C(=O)c3ccccc3C2=O)c1. The number of fused-ring (bicyclic) bond motifs is 1. The molecule has 1 aliphatic rings. The third-order valence-corrected chi connectivity index (χ3v) is 9.41. The molecular formula is C20H23NO3Si. The summed E-state index contributed by atoms with van der Waals surface area (Å²) in [5.74, 6) is 0.121. The second kappa shape index (κ2) is 5.84. The standard InChI is InChI=1S/C20H23NO3Si/c1-20(2,3)25(4,5)24-15-10-8-9-14(13-15)21-18(22)16-11-6-7-12-17(16)19(21)23/h6-13H,1-5H3. The summed E-state index contributed by atoms with van der Waals surface area (Å²) in [4.78, 5) is 26.5. The van der Waals surface area contributed by atoms with Gasteiger partial charge in [0.25, 0.3) is 11.8 Å². The molecule has 0 saturated heterocycles. The van der Waals surface area contributed by atoms with Crippen LogP contribution in [0.5, 0.6) is 5.75 Å². The number of amides is 2. The Bertz CT molecular complexity index is 817. The predicted octanol–water partition coefficient (Wildman–Crippen LogP) is 4.87. The molecule has 3 rings (SSSR count). The normalized spacial score (nSPS) is 14.7. The maximum atomic E-state index is 12.6. The molecule has 1 heterocycles. The van der Waals surface area contributed by atoms with Crippen molar-refractivity contribution in [1.82, 2.24) is 0 Å². The van der Waals surface area contributed by atoms with Gasteiger partial charge in [0.2, 0.25) is 8.32 Å². The molecule has 2 amide bonds. The molecular weight excluding hydrogens is 330 g/mol. The summed E-state index contributed by atoms with van der Waals surface area (Å²) in [6.07, 6.45) is 0. The quantitative estimate of drug-likeness (QED) is 0.584. The van der Waals surface area contributed by atoms with Crippen molar-refractivity contribution in [3.8, 4) is 5.75 Å². The second-order valence-electron chi connectivity index (χ2n) is 7.85. The van der Waals surface area contributed by atoms with E-state index in [9.17, 15) is 9.59 Å². The molecule has 0 N–H and O–H groups in total. The van der Waals surface area contributed by atoms with Gasteiger partial charge in [0.1, 0.15) is 5.75 Å². The lowest BCUT2D eigenvalue weighted by molar-refractivity contribution is 0.0926. The van der Waals surface area contributed by atoms with E-state index >= 15 is 0 Å². The van der Waals surface area contributed by atoms with Crippen LogP contribution in [0.4, 0.5) is 5.69 Å². The predicted molar refractivity (Wildman–Crippen MR) is 102 cm³/mol. The number of nitrogens with zero attached hydrogens (tertiary/aromatic N) is 1. The summed E-state index contributed by atoms with van der Waals surface area (Å²) >= 11 is 0. The van der Waals surface area contributed by atoms with Gasteiger partial charge < -0.3 is 4.43 Å². The molecule has 0 atom stereocenters. The molecule has 0 spiro atoms. The van der Waals surface area contributed by atoms with Crippen LogP contribution in [0, 0.1) is 0 Å². The van der Waals surface area contributed by atoms with Crippen molar-refractivity contribution < 1.29 is 14.0 Å². The summed E-state index contributed by atoms with van der Waals surface area (Å²) < 4.78 is 6.30. The molecule has 0 bridgehead atoms. The van der Waals surface area contributed by atoms with E-state index in [0.717, 1.165) is 0 Å². The van der Waals surface area contributed by atoms with Crippen LogP contribution in [0.25, 0.3) is 0 Å². The molecule has 2 aromatic rings. The van der Waals surface area contributed by atoms with Gasteiger partial charge in [-0.3, -0.25) is 9.59 Å². The number of hydrogen-bond donors (Lipinski definition) is 0. The lowest BCUT2D eigenvalue weighted by atomic mass is 10.1. The molecule has 1 aliphatic heterocycles. The molecule has 5 heteroatoms. The first-order chi connectivity index (χ1) is 11.6. The fourth-order valence-corrected chi connectivity index (χ4v) is 3.58. The van der Waals surface area contributed by atoms with Gasteiger partial charge in [0, 0.05) is 6.07 Å². The largest absolute Gasteiger partial charge is 0.543 e.